The van der Waals surface area contributed by atoms with Gasteiger partial charge in [0.1, 0.15) is 0 Å². The summed E-state index contributed by atoms with van der Waals surface area (Å²) in [7, 11) is -2.14. The number of halogens is 3. The van der Waals surface area contributed by atoms with Crippen LogP contribution in [0.4, 0.5) is 13.2 Å². The maximum absolute atomic E-state index is 12.9. The monoisotopic (exact) mass is 447 g/mol. The van der Waals surface area contributed by atoms with E-state index in [9.17, 15) is 26.4 Å². The van der Waals surface area contributed by atoms with Crippen LogP contribution in [0.25, 0.3) is 0 Å². The molecule has 10 heteroatoms. The van der Waals surface area contributed by atoms with Crippen LogP contribution in [0.15, 0.2) is 29.2 Å². The molecule has 1 aliphatic carbocycles. The number of benzene rings is 1. The first-order valence-corrected chi connectivity index (χ1v) is 11.7. The Morgan fingerprint density at radius 3 is 2.43 bits per heavy atom. The highest BCUT2D eigenvalue weighted by Crippen LogP contribution is 2.40. The predicted molar refractivity (Wildman–Crippen MR) is 106 cm³/mol. The van der Waals surface area contributed by atoms with Gasteiger partial charge in [-0.15, -0.1) is 0 Å². The van der Waals surface area contributed by atoms with Gasteiger partial charge in [-0.3, -0.25) is 4.79 Å². The molecular formula is C20H28F3N3O3S. The molecule has 0 radical (unpaired) electrons. The van der Waals surface area contributed by atoms with Gasteiger partial charge in [0.05, 0.1) is 16.5 Å². The third-order valence-corrected chi connectivity index (χ3v) is 8.06. The molecule has 4 atom stereocenters. The smallest absolute Gasteiger partial charge is 0.352 e. The second-order valence-corrected chi connectivity index (χ2v) is 10.0. The zero-order chi connectivity index (χ0) is 22.1. The summed E-state index contributed by atoms with van der Waals surface area (Å²) < 4.78 is 65.5. The number of hydrogen-bond acceptors (Lipinski definition) is 4. The lowest BCUT2D eigenvalue weighted by Gasteiger charge is -2.24. The normalized spacial score (nSPS) is 25.8. The van der Waals surface area contributed by atoms with Crippen molar-refractivity contribution in [2.75, 3.05) is 20.1 Å². The molecule has 6 nitrogen and oxygen atoms in total. The summed E-state index contributed by atoms with van der Waals surface area (Å²) in [5.74, 6) is 0.0742. The molecule has 1 saturated carbocycles. The lowest BCUT2D eigenvalue weighted by Crippen LogP contribution is -2.48. The SMILES string of the molecule is CCC[C@H](NC)C(=O)N[C@@H]1CC[C@H]2CN(S(=O)(=O)c3ccc(C(F)(F)F)cc3)C[C@H]21. The number of rotatable bonds is 7. The molecule has 0 aromatic heterocycles. The van der Waals surface area contributed by atoms with Gasteiger partial charge < -0.3 is 10.6 Å². The maximum Gasteiger partial charge on any atom is 0.416 e. The van der Waals surface area contributed by atoms with E-state index in [0.29, 0.717) is 6.54 Å². The minimum Gasteiger partial charge on any atom is -0.352 e. The van der Waals surface area contributed by atoms with Crippen LogP contribution in [0, 0.1) is 11.8 Å². The summed E-state index contributed by atoms with van der Waals surface area (Å²) in [6.45, 7) is 2.59. The first kappa shape index (κ1) is 23.0. The van der Waals surface area contributed by atoms with Crippen LogP contribution in [0.1, 0.15) is 38.2 Å². The summed E-state index contributed by atoms with van der Waals surface area (Å²) in [5, 5.41) is 6.08. The van der Waals surface area contributed by atoms with Crippen LogP contribution in [0.5, 0.6) is 0 Å². The maximum atomic E-state index is 12.9. The van der Waals surface area contributed by atoms with Crippen molar-refractivity contribution in [1.82, 2.24) is 14.9 Å². The van der Waals surface area contributed by atoms with Gasteiger partial charge in [0.25, 0.3) is 0 Å². The Kier molecular flexibility index (Phi) is 6.78. The molecule has 0 spiro atoms. The first-order valence-electron chi connectivity index (χ1n) is 10.2. The van der Waals surface area contributed by atoms with Gasteiger partial charge in [-0.05, 0) is 62.4 Å². The number of nitrogens with one attached hydrogen (secondary N) is 2. The Labute approximate surface area is 175 Å². The molecule has 30 heavy (non-hydrogen) atoms. The summed E-state index contributed by atoms with van der Waals surface area (Å²) in [6, 6.07) is 3.23. The van der Waals surface area contributed by atoms with E-state index < -0.39 is 21.8 Å². The fraction of sp³-hybridized carbons (Fsp3) is 0.650. The number of fused-ring (bicyclic) bond motifs is 1. The Morgan fingerprint density at radius 1 is 1.20 bits per heavy atom. The molecule has 1 aromatic carbocycles. The van der Waals surface area contributed by atoms with E-state index in [1.165, 1.54) is 4.31 Å². The number of amides is 1. The van der Waals surface area contributed by atoms with E-state index in [-0.39, 0.29) is 41.3 Å². The minimum atomic E-state index is -4.51. The Hall–Kier alpha value is -1.65. The average molecular weight is 448 g/mol. The van der Waals surface area contributed by atoms with Crippen molar-refractivity contribution < 1.29 is 26.4 Å². The van der Waals surface area contributed by atoms with E-state index >= 15 is 0 Å². The fourth-order valence-electron chi connectivity index (χ4n) is 4.54. The molecule has 1 amide bonds. The van der Waals surface area contributed by atoms with Crippen molar-refractivity contribution in [2.24, 2.45) is 11.8 Å². The van der Waals surface area contributed by atoms with Gasteiger partial charge in [0.15, 0.2) is 0 Å². The second kappa shape index (κ2) is 8.84. The minimum absolute atomic E-state index is 0.0114. The third kappa shape index (κ3) is 4.65. The van der Waals surface area contributed by atoms with Crippen LogP contribution in [-0.2, 0) is 21.0 Å². The van der Waals surface area contributed by atoms with Gasteiger partial charge in [0, 0.05) is 19.1 Å². The van der Waals surface area contributed by atoms with Crippen molar-refractivity contribution >= 4 is 15.9 Å². The van der Waals surface area contributed by atoms with Gasteiger partial charge in [-0.2, -0.15) is 17.5 Å². The molecule has 1 saturated heterocycles. The van der Waals surface area contributed by atoms with Crippen LogP contribution in [0.3, 0.4) is 0 Å². The van der Waals surface area contributed by atoms with Crippen LogP contribution in [-0.4, -0.2) is 50.9 Å². The van der Waals surface area contributed by atoms with Crippen LogP contribution in [0.2, 0.25) is 0 Å². The van der Waals surface area contributed by atoms with Gasteiger partial charge in [-0.25, -0.2) is 8.42 Å². The number of carbonyl (C=O) groups excluding carboxylic acids is 1. The van der Waals surface area contributed by atoms with Crippen molar-refractivity contribution in [1.29, 1.82) is 0 Å². The van der Waals surface area contributed by atoms with Crippen molar-refractivity contribution in [3.63, 3.8) is 0 Å². The lowest BCUT2D eigenvalue weighted by molar-refractivity contribution is -0.137. The summed E-state index contributed by atoms with van der Waals surface area (Å²) >= 11 is 0. The quantitative estimate of drug-likeness (QED) is 0.674. The molecule has 2 fully saturated rings. The largest absolute Gasteiger partial charge is 0.416 e. The van der Waals surface area contributed by atoms with E-state index in [0.717, 1.165) is 49.9 Å². The van der Waals surface area contributed by atoms with Crippen LogP contribution >= 0.6 is 0 Å². The van der Waals surface area contributed by atoms with E-state index in [1.807, 2.05) is 6.92 Å². The number of nitrogens with zero attached hydrogens (tertiary/aromatic N) is 1. The Bertz CT molecular complexity index is 858. The van der Waals surface area contributed by atoms with Crippen molar-refractivity contribution in [3.8, 4) is 0 Å². The molecule has 168 valence electrons. The predicted octanol–water partition coefficient (Wildman–Crippen LogP) is 2.61. The van der Waals surface area contributed by atoms with Crippen LogP contribution < -0.4 is 10.6 Å². The van der Waals surface area contributed by atoms with Crippen molar-refractivity contribution in [2.45, 2.75) is 55.8 Å². The molecule has 1 aliphatic heterocycles. The van der Waals surface area contributed by atoms with Crippen molar-refractivity contribution in [3.05, 3.63) is 29.8 Å². The molecule has 3 rings (SSSR count). The highest BCUT2D eigenvalue weighted by atomic mass is 32.2. The number of alkyl halides is 3. The molecule has 2 aliphatic rings. The third-order valence-electron chi connectivity index (χ3n) is 6.21. The number of sulfonamides is 1. The molecule has 0 bridgehead atoms. The fourth-order valence-corrected chi connectivity index (χ4v) is 6.08. The molecule has 1 aromatic rings. The number of likely N-dealkylation sites (N-methyl/N-ethyl adjacent to an activating group) is 1. The Morgan fingerprint density at radius 2 is 1.87 bits per heavy atom. The number of carbonyl (C=O) groups is 1. The van der Waals surface area contributed by atoms with Gasteiger partial charge >= 0.3 is 6.18 Å². The zero-order valence-corrected chi connectivity index (χ0v) is 17.9. The molecule has 0 unspecified atom stereocenters. The standard InChI is InChI=1S/C20H28F3N3O3S/c1-3-4-18(24-2)19(27)25-17-10-5-13-11-26(12-16(13)17)30(28,29)15-8-6-14(7-9-15)20(21,22)23/h6-9,13,16-18,24H,3-5,10-12H2,1-2H3,(H,25,27)/t13-,16+,17+,18-/m0/s1. The van der Waals surface area contributed by atoms with E-state index in [2.05, 4.69) is 10.6 Å². The molecule has 1 heterocycles. The highest BCUT2D eigenvalue weighted by Gasteiger charge is 2.47. The first-order chi connectivity index (χ1) is 14.1. The lowest BCUT2D eigenvalue weighted by atomic mass is 9.97. The topological polar surface area (TPSA) is 78.5 Å². The second-order valence-electron chi connectivity index (χ2n) is 8.09. The molecular weight excluding hydrogens is 419 g/mol. The summed E-state index contributed by atoms with van der Waals surface area (Å²) in [4.78, 5) is 12.4. The van der Waals surface area contributed by atoms with Gasteiger partial charge in [-0.1, -0.05) is 13.3 Å². The van der Waals surface area contributed by atoms with Gasteiger partial charge in [0.2, 0.25) is 15.9 Å². The van der Waals surface area contributed by atoms with E-state index in [1.54, 1.807) is 7.05 Å². The average Bonchev–Trinajstić information content (AvgIpc) is 3.28. The zero-order valence-electron chi connectivity index (χ0n) is 17.1. The Balaban J connectivity index is 1.68. The summed E-state index contributed by atoms with van der Waals surface area (Å²) in [6.07, 6.45) is -1.31. The van der Waals surface area contributed by atoms with E-state index in [4.69, 9.17) is 0 Å². The molecule has 2 N–H and O–H groups in total. The summed E-state index contributed by atoms with van der Waals surface area (Å²) in [5.41, 5.74) is -0.881. The highest BCUT2D eigenvalue weighted by molar-refractivity contribution is 7.89. The number of hydrogen-bond donors (Lipinski definition) is 2.